The van der Waals surface area contributed by atoms with Crippen molar-refractivity contribution in [2.75, 3.05) is 5.32 Å². The molecule has 1 heterocycles. The van der Waals surface area contributed by atoms with Crippen LogP contribution in [0.3, 0.4) is 0 Å². The van der Waals surface area contributed by atoms with E-state index in [1.165, 1.54) is 6.07 Å². The third kappa shape index (κ3) is 4.00. The number of aryl methyl sites for hydroxylation is 1. The third-order valence-electron chi connectivity index (χ3n) is 4.07. The second kappa shape index (κ2) is 8.24. The van der Waals surface area contributed by atoms with Crippen LogP contribution < -0.4 is 16.6 Å². The Hall–Kier alpha value is -2.51. The number of hydrazine groups is 1. The van der Waals surface area contributed by atoms with Crippen LogP contribution >= 0.6 is 34.8 Å². The number of carbonyl (C=O) groups excluding carboxylic acids is 2. The summed E-state index contributed by atoms with van der Waals surface area (Å²) in [4.78, 5) is 24.8. The van der Waals surface area contributed by atoms with Crippen molar-refractivity contribution < 1.29 is 9.59 Å². The van der Waals surface area contributed by atoms with Gasteiger partial charge >= 0.3 is 0 Å². The molecule has 28 heavy (non-hydrogen) atoms. The SMILES string of the molecule is Cc1cc(Cl)cc(C(=O)NN)c1NC(=O)c1ccn(-c2c(Cl)cccc2Cl)c1. The summed E-state index contributed by atoms with van der Waals surface area (Å²) < 4.78 is 1.65. The number of amides is 2. The molecule has 1 aromatic heterocycles. The van der Waals surface area contributed by atoms with E-state index in [0.717, 1.165) is 0 Å². The Morgan fingerprint density at radius 2 is 1.71 bits per heavy atom. The molecule has 0 spiro atoms. The average molecular weight is 438 g/mol. The Kier molecular flexibility index (Phi) is 5.96. The Morgan fingerprint density at radius 1 is 1.04 bits per heavy atom. The lowest BCUT2D eigenvalue weighted by atomic mass is 10.1. The molecule has 2 aromatic carbocycles. The zero-order valence-corrected chi connectivity index (χ0v) is 16.9. The first-order chi connectivity index (χ1) is 13.3. The molecule has 3 aromatic rings. The number of halogens is 3. The van der Waals surface area contributed by atoms with Crippen molar-refractivity contribution in [1.82, 2.24) is 9.99 Å². The molecule has 0 radical (unpaired) electrons. The van der Waals surface area contributed by atoms with Gasteiger partial charge in [0.25, 0.3) is 11.8 Å². The number of rotatable bonds is 4. The number of nitrogens with one attached hydrogen (secondary N) is 2. The largest absolute Gasteiger partial charge is 0.321 e. The predicted octanol–water partition coefficient (Wildman–Crippen LogP) is 4.60. The molecule has 2 amide bonds. The van der Waals surface area contributed by atoms with Crippen LogP contribution in [0.5, 0.6) is 0 Å². The van der Waals surface area contributed by atoms with Gasteiger partial charge in [-0.2, -0.15) is 0 Å². The van der Waals surface area contributed by atoms with Crippen LogP contribution in [-0.4, -0.2) is 16.4 Å². The second-order valence-corrected chi connectivity index (χ2v) is 7.20. The Bertz CT molecular complexity index is 1060. The van der Waals surface area contributed by atoms with Crippen LogP contribution in [0, 0.1) is 6.92 Å². The topological polar surface area (TPSA) is 89.2 Å². The van der Waals surface area contributed by atoms with E-state index in [1.54, 1.807) is 54.2 Å². The van der Waals surface area contributed by atoms with Gasteiger partial charge in [0.05, 0.1) is 32.5 Å². The van der Waals surface area contributed by atoms with E-state index in [2.05, 4.69) is 5.32 Å². The summed E-state index contributed by atoms with van der Waals surface area (Å²) in [5.41, 5.74) is 4.06. The summed E-state index contributed by atoms with van der Waals surface area (Å²) in [5, 5.41) is 3.99. The lowest BCUT2D eigenvalue weighted by molar-refractivity contribution is 0.0954. The summed E-state index contributed by atoms with van der Waals surface area (Å²) in [6.45, 7) is 1.73. The summed E-state index contributed by atoms with van der Waals surface area (Å²) in [6, 6.07) is 9.83. The molecule has 6 nitrogen and oxygen atoms in total. The molecule has 0 unspecified atom stereocenters. The number of hydrogen-bond acceptors (Lipinski definition) is 3. The Labute approximate surface area is 176 Å². The molecule has 144 valence electrons. The maximum atomic E-state index is 12.7. The summed E-state index contributed by atoms with van der Waals surface area (Å²) >= 11 is 18.4. The van der Waals surface area contributed by atoms with E-state index in [9.17, 15) is 9.59 Å². The monoisotopic (exact) mass is 436 g/mol. The lowest BCUT2D eigenvalue weighted by Crippen LogP contribution is -2.31. The molecule has 9 heteroatoms. The second-order valence-electron chi connectivity index (χ2n) is 5.95. The summed E-state index contributed by atoms with van der Waals surface area (Å²) in [7, 11) is 0. The fourth-order valence-corrected chi connectivity index (χ4v) is 3.62. The smallest absolute Gasteiger partial charge is 0.267 e. The minimum Gasteiger partial charge on any atom is -0.321 e. The van der Waals surface area contributed by atoms with Gasteiger partial charge in [-0.05, 0) is 42.8 Å². The standard InChI is InChI=1S/C19H15Cl3N4O2/c1-10-7-12(20)8-13(19(28)25-23)16(10)24-18(27)11-5-6-26(9-11)17-14(21)3-2-4-15(17)22/h2-9H,23H2,1H3,(H,24,27)(H,25,28). The fourth-order valence-electron chi connectivity index (χ4n) is 2.76. The number of nitrogens with two attached hydrogens (primary N) is 1. The van der Waals surface area contributed by atoms with Crippen molar-refractivity contribution in [3.8, 4) is 5.69 Å². The summed E-state index contributed by atoms with van der Waals surface area (Å²) in [6.07, 6.45) is 3.26. The average Bonchev–Trinajstić information content (AvgIpc) is 3.12. The highest BCUT2D eigenvalue weighted by Gasteiger charge is 2.18. The molecule has 0 aliphatic rings. The van der Waals surface area contributed by atoms with Gasteiger partial charge in [-0.1, -0.05) is 40.9 Å². The molecule has 3 rings (SSSR count). The molecule has 4 N–H and O–H groups in total. The highest BCUT2D eigenvalue weighted by Crippen LogP contribution is 2.29. The van der Waals surface area contributed by atoms with Crippen LogP contribution in [0.1, 0.15) is 26.3 Å². The van der Waals surface area contributed by atoms with E-state index < -0.39 is 11.8 Å². The lowest BCUT2D eigenvalue weighted by Gasteiger charge is -2.13. The fraction of sp³-hybridized carbons (Fsp3) is 0.0526. The first-order valence-corrected chi connectivity index (χ1v) is 9.20. The van der Waals surface area contributed by atoms with E-state index >= 15 is 0 Å². The van der Waals surface area contributed by atoms with Gasteiger partial charge in [0.15, 0.2) is 0 Å². The maximum Gasteiger partial charge on any atom is 0.267 e. The molecule has 0 saturated heterocycles. The highest BCUT2D eigenvalue weighted by atomic mass is 35.5. The number of benzene rings is 2. The quantitative estimate of drug-likeness (QED) is 0.316. The zero-order valence-electron chi connectivity index (χ0n) is 14.6. The third-order valence-corrected chi connectivity index (χ3v) is 4.89. The highest BCUT2D eigenvalue weighted by molar-refractivity contribution is 6.37. The van der Waals surface area contributed by atoms with E-state index in [-0.39, 0.29) is 5.56 Å². The van der Waals surface area contributed by atoms with E-state index in [0.29, 0.717) is 37.6 Å². The van der Waals surface area contributed by atoms with Crippen LogP contribution in [0.2, 0.25) is 15.1 Å². The maximum absolute atomic E-state index is 12.7. The molecule has 0 saturated carbocycles. The van der Waals surface area contributed by atoms with Crippen molar-refractivity contribution in [3.05, 3.63) is 80.6 Å². The Balaban J connectivity index is 1.94. The normalized spacial score (nSPS) is 10.6. The predicted molar refractivity (Wildman–Crippen MR) is 112 cm³/mol. The first kappa shape index (κ1) is 20.2. The zero-order chi connectivity index (χ0) is 20.4. The van der Waals surface area contributed by atoms with Crippen molar-refractivity contribution in [2.45, 2.75) is 6.92 Å². The van der Waals surface area contributed by atoms with Crippen LogP contribution in [0.4, 0.5) is 5.69 Å². The number of para-hydroxylation sites is 1. The minimum absolute atomic E-state index is 0.162. The van der Waals surface area contributed by atoms with E-state index in [4.69, 9.17) is 40.6 Å². The Morgan fingerprint density at radius 3 is 2.36 bits per heavy atom. The number of aromatic nitrogens is 1. The number of carbonyl (C=O) groups is 2. The van der Waals surface area contributed by atoms with Gasteiger partial charge in [0.2, 0.25) is 0 Å². The molecule has 0 aliphatic heterocycles. The number of hydrogen-bond donors (Lipinski definition) is 3. The van der Waals surface area contributed by atoms with Gasteiger partial charge in [-0.15, -0.1) is 0 Å². The molecule has 0 bridgehead atoms. The van der Waals surface area contributed by atoms with Gasteiger partial charge in [-0.25, -0.2) is 5.84 Å². The van der Waals surface area contributed by atoms with Gasteiger partial charge < -0.3 is 9.88 Å². The van der Waals surface area contributed by atoms with Gasteiger partial charge in [-0.3, -0.25) is 15.0 Å². The summed E-state index contributed by atoms with van der Waals surface area (Å²) in [5.74, 6) is 4.24. The first-order valence-electron chi connectivity index (χ1n) is 8.06. The van der Waals surface area contributed by atoms with Crippen molar-refractivity contribution in [3.63, 3.8) is 0 Å². The van der Waals surface area contributed by atoms with Crippen molar-refractivity contribution in [1.29, 1.82) is 0 Å². The molecular weight excluding hydrogens is 423 g/mol. The van der Waals surface area contributed by atoms with Crippen molar-refractivity contribution in [2.24, 2.45) is 5.84 Å². The van der Waals surface area contributed by atoms with Crippen LogP contribution in [-0.2, 0) is 0 Å². The molecule has 0 fully saturated rings. The van der Waals surface area contributed by atoms with Crippen molar-refractivity contribution >= 4 is 52.3 Å². The van der Waals surface area contributed by atoms with Gasteiger partial charge in [0, 0.05) is 17.4 Å². The van der Waals surface area contributed by atoms with Gasteiger partial charge in [0.1, 0.15) is 0 Å². The number of nitrogens with zero attached hydrogens (tertiary/aromatic N) is 1. The molecule has 0 aliphatic carbocycles. The van der Waals surface area contributed by atoms with Crippen LogP contribution in [0.15, 0.2) is 48.8 Å². The minimum atomic E-state index is -0.568. The van der Waals surface area contributed by atoms with Crippen LogP contribution in [0.25, 0.3) is 5.69 Å². The van der Waals surface area contributed by atoms with E-state index in [1.807, 2.05) is 5.43 Å². The number of anilines is 1. The molecular formula is C19H15Cl3N4O2. The molecule has 0 atom stereocenters. The number of nitrogen functional groups attached to an aromatic ring is 1.